The molecule has 2 fully saturated rings. The number of fused-ring (bicyclic) bond motifs is 1. The molecule has 3 aromatic heterocycles. The van der Waals surface area contributed by atoms with Crippen molar-refractivity contribution in [1.82, 2.24) is 29.0 Å². The summed E-state index contributed by atoms with van der Waals surface area (Å²) < 4.78 is 27.5. The lowest BCUT2D eigenvalue weighted by Crippen LogP contribution is -2.69. The molecule has 2 aliphatic rings. The van der Waals surface area contributed by atoms with E-state index in [9.17, 15) is 13.7 Å². The molecule has 1 aliphatic carbocycles. The first-order chi connectivity index (χ1) is 13.9. The molecule has 0 aromatic carbocycles. The van der Waals surface area contributed by atoms with E-state index in [0.29, 0.717) is 19.5 Å². The van der Waals surface area contributed by atoms with Crippen molar-refractivity contribution in [3.05, 3.63) is 31.0 Å². The molecule has 1 N–H and O–H groups in total. The summed E-state index contributed by atoms with van der Waals surface area (Å²) in [5, 5.41) is 14.9. The Balaban J connectivity index is 1.41. The van der Waals surface area contributed by atoms with E-state index in [4.69, 9.17) is 0 Å². The molecule has 0 unspecified atom stereocenters. The van der Waals surface area contributed by atoms with Crippen LogP contribution < -0.4 is 0 Å². The summed E-state index contributed by atoms with van der Waals surface area (Å²) in [4.78, 5) is 11.7. The largest absolute Gasteiger partial charge is 0.346 e. The number of aromatic nitrogens is 5. The lowest BCUT2D eigenvalue weighted by molar-refractivity contribution is -0.107. The third-order valence-corrected chi connectivity index (χ3v) is 8.07. The number of nitriles is 1. The van der Waals surface area contributed by atoms with E-state index in [1.807, 2.05) is 23.1 Å². The fourth-order valence-corrected chi connectivity index (χ4v) is 6.28. The molecular weight excluding hydrogens is 390 g/mol. The Morgan fingerprint density at radius 1 is 1.31 bits per heavy atom. The molecule has 1 saturated carbocycles. The van der Waals surface area contributed by atoms with Gasteiger partial charge in [0, 0.05) is 41.8 Å². The van der Waals surface area contributed by atoms with Crippen LogP contribution in [0.15, 0.2) is 31.0 Å². The van der Waals surface area contributed by atoms with Crippen LogP contribution in [-0.4, -0.2) is 56.3 Å². The minimum Gasteiger partial charge on any atom is -0.346 e. The second-order valence-corrected chi connectivity index (χ2v) is 10.5. The predicted molar refractivity (Wildman–Crippen MR) is 106 cm³/mol. The van der Waals surface area contributed by atoms with E-state index in [1.54, 1.807) is 17.4 Å². The van der Waals surface area contributed by atoms with Crippen molar-refractivity contribution < 1.29 is 8.42 Å². The van der Waals surface area contributed by atoms with Gasteiger partial charge < -0.3 is 4.98 Å². The van der Waals surface area contributed by atoms with Crippen LogP contribution >= 0.6 is 0 Å². The number of sulfonamides is 1. The van der Waals surface area contributed by atoms with E-state index in [-0.39, 0.29) is 16.7 Å². The van der Waals surface area contributed by atoms with E-state index in [2.05, 4.69) is 26.1 Å². The minimum atomic E-state index is -3.14. The zero-order valence-corrected chi connectivity index (χ0v) is 16.9. The Kier molecular flexibility index (Phi) is 3.85. The SMILES string of the molecule is CCS(=O)(=O)N1CC2(C1)CC(CC#N)(n1cc(-c3ncnc4[nH]ccc34)cn1)C2. The summed E-state index contributed by atoms with van der Waals surface area (Å²) in [6.07, 6.45) is 8.92. The molecule has 0 atom stereocenters. The summed E-state index contributed by atoms with van der Waals surface area (Å²) in [5.74, 6) is 0.126. The number of rotatable bonds is 5. The van der Waals surface area contributed by atoms with Gasteiger partial charge in [-0.2, -0.15) is 10.4 Å². The molecule has 29 heavy (non-hydrogen) atoms. The topological polar surface area (TPSA) is 121 Å². The van der Waals surface area contributed by atoms with Crippen molar-refractivity contribution >= 4 is 21.1 Å². The maximum atomic E-state index is 12.1. The first kappa shape index (κ1) is 18.3. The van der Waals surface area contributed by atoms with Crippen molar-refractivity contribution in [2.75, 3.05) is 18.8 Å². The van der Waals surface area contributed by atoms with Gasteiger partial charge in [0.2, 0.25) is 10.0 Å². The first-order valence-electron chi connectivity index (χ1n) is 9.59. The second kappa shape index (κ2) is 6.11. The molecular formula is C19H21N7O2S. The number of aromatic amines is 1. The maximum absolute atomic E-state index is 12.1. The highest BCUT2D eigenvalue weighted by Gasteiger charge is 2.62. The Labute approximate surface area is 168 Å². The van der Waals surface area contributed by atoms with Gasteiger partial charge in [0.05, 0.1) is 35.7 Å². The molecule has 1 saturated heterocycles. The summed E-state index contributed by atoms with van der Waals surface area (Å²) in [6, 6.07) is 4.23. The molecule has 1 aliphatic heterocycles. The van der Waals surface area contributed by atoms with E-state index >= 15 is 0 Å². The molecule has 4 heterocycles. The smallest absolute Gasteiger partial charge is 0.213 e. The van der Waals surface area contributed by atoms with Crippen molar-refractivity contribution in [2.45, 2.75) is 31.7 Å². The van der Waals surface area contributed by atoms with Crippen LogP contribution in [0.2, 0.25) is 0 Å². The van der Waals surface area contributed by atoms with Crippen molar-refractivity contribution in [1.29, 1.82) is 5.26 Å². The average molecular weight is 411 g/mol. The zero-order valence-electron chi connectivity index (χ0n) is 16.0. The quantitative estimate of drug-likeness (QED) is 0.684. The Bertz CT molecular complexity index is 1220. The molecule has 0 radical (unpaired) electrons. The van der Waals surface area contributed by atoms with Crippen LogP contribution in [0.5, 0.6) is 0 Å². The van der Waals surface area contributed by atoms with E-state index in [1.165, 1.54) is 6.33 Å². The van der Waals surface area contributed by atoms with Crippen molar-refractivity contribution in [3.63, 3.8) is 0 Å². The lowest BCUT2D eigenvalue weighted by atomic mass is 9.53. The summed E-state index contributed by atoms with van der Waals surface area (Å²) in [5.41, 5.74) is 2.02. The molecule has 5 rings (SSSR count). The predicted octanol–water partition coefficient (Wildman–Crippen LogP) is 1.88. The van der Waals surface area contributed by atoms with E-state index < -0.39 is 10.0 Å². The number of hydrogen-bond acceptors (Lipinski definition) is 6. The fourth-order valence-electron chi connectivity index (χ4n) is 4.97. The van der Waals surface area contributed by atoms with Crippen LogP contribution in [-0.2, 0) is 15.6 Å². The van der Waals surface area contributed by atoms with Gasteiger partial charge in [0.15, 0.2) is 0 Å². The van der Waals surface area contributed by atoms with Gasteiger partial charge in [-0.15, -0.1) is 0 Å². The number of H-pyrrole nitrogens is 1. The molecule has 150 valence electrons. The van der Waals surface area contributed by atoms with Crippen molar-refractivity contribution in [2.24, 2.45) is 5.41 Å². The van der Waals surface area contributed by atoms with E-state index in [0.717, 1.165) is 35.1 Å². The Hall–Kier alpha value is -2.77. The molecule has 0 bridgehead atoms. The fraction of sp³-hybridized carbons (Fsp3) is 0.474. The standard InChI is InChI=1S/C19H21N7O2S/c1-2-29(27,28)25-11-18(12-25)9-19(10-18,4-5-20)26-8-14(7-24-26)16-15-3-6-21-17(15)23-13-22-16/h3,6-8,13H,2,4,9-12H2,1H3,(H,21,22,23). The van der Waals surface area contributed by atoms with Gasteiger partial charge in [-0.25, -0.2) is 22.7 Å². The third kappa shape index (κ3) is 2.68. The van der Waals surface area contributed by atoms with Crippen molar-refractivity contribution in [3.8, 4) is 17.3 Å². The zero-order chi connectivity index (χ0) is 20.3. The molecule has 1 spiro atoms. The van der Waals surface area contributed by atoms with Gasteiger partial charge in [-0.05, 0) is 25.8 Å². The van der Waals surface area contributed by atoms with Crippen LogP contribution in [0.3, 0.4) is 0 Å². The first-order valence-corrected chi connectivity index (χ1v) is 11.2. The highest BCUT2D eigenvalue weighted by molar-refractivity contribution is 7.89. The van der Waals surface area contributed by atoms with Gasteiger partial charge in [0.25, 0.3) is 0 Å². The maximum Gasteiger partial charge on any atom is 0.213 e. The summed E-state index contributed by atoms with van der Waals surface area (Å²) >= 11 is 0. The van der Waals surface area contributed by atoms with Crippen LogP contribution in [0.4, 0.5) is 0 Å². The number of nitrogens with one attached hydrogen (secondary N) is 1. The van der Waals surface area contributed by atoms with Crippen LogP contribution in [0.1, 0.15) is 26.2 Å². The van der Waals surface area contributed by atoms with Gasteiger partial charge in [-0.1, -0.05) is 0 Å². The second-order valence-electron chi connectivity index (χ2n) is 8.22. The lowest BCUT2D eigenvalue weighted by Gasteiger charge is -2.63. The van der Waals surface area contributed by atoms with Gasteiger partial charge >= 0.3 is 0 Å². The van der Waals surface area contributed by atoms with Crippen LogP contribution in [0.25, 0.3) is 22.3 Å². The average Bonchev–Trinajstić information content (AvgIpc) is 3.31. The molecule has 9 nitrogen and oxygen atoms in total. The van der Waals surface area contributed by atoms with Gasteiger partial charge in [-0.3, -0.25) is 4.68 Å². The highest BCUT2D eigenvalue weighted by atomic mass is 32.2. The third-order valence-electron chi connectivity index (χ3n) is 6.29. The Morgan fingerprint density at radius 2 is 2.10 bits per heavy atom. The van der Waals surface area contributed by atoms with Crippen LogP contribution in [0, 0.1) is 16.7 Å². The summed E-state index contributed by atoms with van der Waals surface area (Å²) in [6.45, 7) is 2.75. The minimum absolute atomic E-state index is 0.0337. The highest BCUT2D eigenvalue weighted by Crippen LogP contribution is 2.59. The summed E-state index contributed by atoms with van der Waals surface area (Å²) in [7, 11) is -3.14. The monoisotopic (exact) mass is 411 g/mol. The number of nitrogens with zero attached hydrogens (tertiary/aromatic N) is 6. The molecule has 0 amide bonds. The normalized spacial score (nSPS) is 20.3. The molecule has 3 aromatic rings. The van der Waals surface area contributed by atoms with Gasteiger partial charge in [0.1, 0.15) is 12.0 Å². The number of hydrogen-bond donors (Lipinski definition) is 1. The Morgan fingerprint density at radius 3 is 2.83 bits per heavy atom. The molecule has 10 heteroatoms.